The van der Waals surface area contributed by atoms with Crippen molar-refractivity contribution in [1.29, 1.82) is 0 Å². The van der Waals surface area contributed by atoms with E-state index in [2.05, 4.69) is 62.1 Å². The van der Waals surface area contributed by atoms with Crippen LogP contribution >= 0.6 is 0 Å². The lowest BCUT2D eigenvalue weighted by Crippen LogP contribution is -2.48. The molecule has 1 aliphatic rings. The van der Waals surface area contributed by atoms with Gasteiger partial charge in [-0.2, -0.15) is 0 Å². The Labute approximate surface area is 144 Å². The predicted octanol–water partition coefficient (Wildman–Crippen LogP) is 3.15. The summed E-state index contributed by atoms with van der Waals surface area (Å²) in [6.07, 6.45) is 1.89. The SMILES string of the molecule is CCC(CO)C(CN(C)C)C1(C)OCCc2c1[nH]c1ccccc21. The minimum Gasteiger partial charge on any atom is -0.396 e. The molecule has 0 fully saturated rings. The molecule has 1 aliphatic heterocycles. The second-order valence-corrected chi connectivity index (χ2v) is 7.45. The first kappa shape index (κ1) is 17.5. The molecule has 0 radical (unpaired) electrons. The molecule has 1 aromatic carbocycles. The standard InChI is InChI=1S/C20H30N2O2/c1-5-14(13-23)17(12-22(3)4)20(2)19-16(10-11-24-20)15-8-6-7-9-18(15)21-19/h6-9,14,17,21,23H,5,10-13H2,1-4H3. The first-order valence-electron chi connectivity index (χ1n) is 9.00. The third kappa shape index (κ3) is 2.87. The van der Waals surface area contributed by atoms with E-state index in [1.54, 1.807) is 0 Å². The first-order chi connectivity index (χ1) is 11.5. The predicted molar refractivity (Wildman–Crippen MR) is 98.2 cm³/mol. The molecule has 0 saturated carbocycles. The van der Waals surface area contributed by atoms with Crippen molar-refractivity contribution in [3.8, 4) is 0 Å². The van der Waals surface area contributed by atoms with Crippen molar-refractivity contribution in [2.75, 3.05) is 33.9 Å². The van der Waals surface area contributed by atoms with Crippen LogP contribution in [0, 0.1) is 11.8 Å². The van der Waals surface area contributed by atoms with Gasteiger partial charge in [0.25, 0.3) is 0 Å². The van der Waals surface area contributed by atoms with E-state index in [1.807, 2.05) is 0 Å². The molecule has 2 aromatic rings. The number of fused-ring (bicyclic) bond motifs is 3. The normalized spacial score (nSPS) is 23.4. The number of aromatic nitrogens is 1. The minimum absolute atomic E-state index is 0.198. The molecule has 2 N–H and O–H groups in total. The van der Waals surface area contributed by atoms with Gasteiger partial charge in [0.1, 0.15) is 5.60 Å². The number of aliphatic hydroxyl groups excluding tert-OH is 1. The number of ether oxygens (including phenoxy) is 1. The zero-order valence-corrected chi connectivity index (χ0v) is 15.3. The molecule has 3 rings (SSSR count). The Morgan fingerprint density at radius 1 is 1.33 bits per heavy atom. The van der Waals surface area contributed by atoms with E-state index in [9.17, 15) is 5.11 Å². The summed E-state index contributed by atoms with van der Waals surface area (Å²) in [5.41, 5.74) is 3.37. The average molecular weight is 330 g/mol. The molecule has 4 nitrogen and oxygen atoms in total. The number of nitrogens with one attached hydrogen (secondary N) is 1. The Kier molecular flexibility index (Phi) is 5.00. The lowest BCUT2D eigenvalue weighted by molar-refractivity contribution is -0.118. The van der Waals surface area contributed by atoms with Gasteiger partial charge in [0.15, 0.2) is 0 Å². The van der Waals surface area contributed by atoms with Gasteiger partial charge < -0.3 is 19.7 Å². The van der Waals surface area contributed by atoms with E-state index in [1.165, 1.54) is 22.2 Å². The molecule has 1 aromatic heterocycles. The summed E-state index contributed by atoms with van der Waals surface area (Å²) in [6, 6.07) is 8.50. The maximum Gasteiger partial charge on any atom is 0.110 e. The first-order valence-corrected chi connectivity index (χ1v) is 9.00. The second kappa shape index (κ2) is 6.87. The number of para-hydroxylation sites is 1. The highest BCUT2D eigenvalue weighted by Crippen LogP contribution is 2.44. The van der Waals surface area contributed by atoms with Crippen LogP contribution in [-0.2, 0) is 16.8 Å². The van der Waals surface area contributed by atoms with Gasteiger partial charge in [-0.25, -0.2) is 0 Å². The maximum absolute atomic E-state index is 9.96. The van der Waals surface area contributed by atoms with Crippen LogP contribution < -0.4 is 0 Å². The minimum atomic E-state index is -0.403. The topological polar surface area (TPSA) is 48.5 Å². The molecule has 4 heteroatoms. The highest BCUT2D eigenvalue weighted by Gasteiger charge is 2.45. The number of benzene rings is 1. The summed E-state index contributed by atoms with van der Waals surface area (Å²) < 4.78 is 6.40. The number of nitrogens with zero attached hydrogens (tertiary/aromatic N) is 1. The largest absolute Gasteiger partial charge is 0.396 e. The van der Waals surface area contributed by atoms with Gasteiger partial charge in [0.05, 0.1) is 12.3 Å². The molecule has 3 unspecified atom stereocenters. The fraction of sp³-hybridized carbons (Fsp3) is 0.600. The van der Waals surface area contributed by atoms with Crippen LogP contribution in [0.2, 0.25) is 0 Å². The molecule has 0 bridgehead atoms. The molecule has 0 spiro atoms. The Morgan fingerprint density at radius 3 is 2.75 bits per heavy atom. The van der Waals surface area contributed by atoms with E-state index in [0.717, 1.165) is 26.0 Å². The molecule has 0 amide bonds. The summed E-state index contributed by atoms with van der Waals surface area (Å²) in [4.78, 5) is 5.84. The van der Waals surface area contributed by atoms with E-state index >= 15 is 0 Å². The summed E-state index contributed by atoms with van der Waals surface area (Å²) in [5.74, 6) is 0.448. The number of aliphatic hydroxyl groups is 1. The van der Waals surface area contributed by atoms with Crippen LogP contribution in [0.4, 0.5) is 0 Å². The van der Waals surface area contributed by atoms with Gasteiger partial charge in [0, 0.05) is 30.0 Å². The second-order valence-electron chi connectivity index (χ2n) is 7.45. The van der Waals surface area contributed by atoms with Crippen molar-refractivity contribution < 1.29 is 9.84 Å². The number of H-pyrrole nitrogens is 1. The number of hydrogen-bond acceptors (Lipinski definition) is 3. The van der Waals surface area contributed by atoms with Gasteiger partial charge in [-0.05, 0) is 45.0 Å². The van der Waals surface area contributed by atoms with Crippen molar-refractivity contribution in [3.05, 3.63) is 35.5 Å². The average Bonchev–Trinajstić information content (AvgIpc) is 2.95. The quantitative estimate of drug-likeness (QED) is 0.855. The number of rotatable bonds is 6. The lowest BCUT2D eigenvalue weighted by Gasteiger charge is -2.44. The van der Waals surface area contributed by atoms with Gasteiger partial charge in [0.2, 0.25) is 0 Å². The fourth-order valence-corrected chi connectivity index (χ4v) is 4.32. The van der Waals surface area contributed by atoms with E-state index < -0.39 is 5.60 Å². The number of hydrogen-bond donors (Lipinski definition) is 2. The Bertz CT molecular complexity index is 690. The Balaban J connectivity index is 2.11. The Morgan fingerprint density at radius 2 is 2.08 bits per heavy atom. The van der Waals surface area contributed by atoms with Crippen molar-refractivity contribution in [2.45, 2.75) is 32.3 Å². The van der Waals surface area contributed by atoms with Crippen LogP contribution in [0.5, 0.6) is 0 Å². The fourth-order valence-electron chi connectivity index (χ4n) is 4.32. The molecular weight excluding hydrogens is 300 g/mol. The summed E-state index contributed by atoms with van der Waals surface area (Å²) in [7, 11) is 4.19. The summed E-state index contributed by atoms with van der Waals surface area (Å²) in [6.45, 7) is 6.18. The van der Waals surface area contributed by atoms with Gasteiger partial charge in [-0.1, -0.05) is 31.5 Å². The summed E-state index contributed by atoms with van der Waals surface area (Å²) >= 11 is 0. The smallest absolute Gasteiger partial charge is 0.110 e. The van der Waals surface area contributed by atoms with Gasteiger partial charge >= 0.3 is 0 Å². The molecular formula is C20H30N2O2. The zero-order valence-electron chi connectivity index (χ0n) is 15.3. The molecule has 132 valence electrons. The molecule has 0 aliphatic carbocycles. The third-order valence-electron chi connectivity index (χ3n) is 5.66. The molecule has 2 heterocycles. The lowest BCUT2D eigenvalue weighted by atomic mass is 9.73. The van der Waals surface area contributed by atoms with Gasteiger partial charge in [-0.3, -0.25) is 0 Å². The van der Waals surface area contributed by atoms with Crippen molar-refractivity contribution in [1.82, 2.24) is 9.88 Å². The molecule has 24 heavy (non-hydrogen) atoms. The number of aromatic amines is 1. The van der Waals surface area contributed by atoms with E-state index in [0.29, 0.717) is 0 Å². The monoisotopic (exact) mass is 330 g/mol. The molecule has 0 saturated heterocycles. The van der Waals surface area contributed by atoms with Crippen LogP contribution in [0.1, 0.15) is 31.5 Å². The van der Waals surface area contributed by atoms with Crippen LogP contribution in [0.3, 0.4) is 0 Å². The highest BCUT2D eigenvalue weighted by atomic mass is 16.5. The van der Waals surface area contributed by atoms with E-state index in [-0.39, 0.29) is 18.4 Å². The summed E-state index contributed by atoms with van der Waals surface area (Å²) in [5, 5.41) is 11.3. The van der Waals surface area contributed by atoms with Crippen molar-refractivity contribution in [2.24, 2.45) is 11.8 Å². The van der Waals surface area contributed by atoms with Crippen LogP contribution in [0.25, 0.3) is 10.9 Å². The maximum atomic E-state index is 9.96. The zero-order chi connectivity index (χ0) is 17.3. The third-order valence-corrected chi connectivity index (χ3v) is 5.66. The van der Waals surface area contributed by atoms with Crippen molar-refractivity contribution in [3.63, 3.8) is 0 Å². The highest BCUT2D eigenvalue weighted by molar-refractivity contribution is 5.85. The van der Waals surface area contributed by atoms with Crippen molar-refractivity contribution >= 4 is 10.9 Å². The molecule has 3 atom stereocenters. The van der Waals surface area contributed by atoms with E-state index in [4.69, 9.17) is 4.74 Å². The van der Waals surface area contributed by atoms with Gasteiger partial charge in [-0.15, -0.1) is 0 Å². The van der Waals surface area contributed by atoms with Crippen LogP contribution in [0.15, 0.2) is 24.3 Å². The Hall–Kier alpha value is -1.36. The van der Waals surface area contributed by atoms with Crippen LogP contribution in [-0.4, -0.2) is 48.8 Å².